The van der Waals surface area contributed by atoms with E-state index in [1.807, 2.05) is 38.1 Å². The third-order valence-electron chi connectivity index (χ3n) is 5.53. The molecule has 3 aromatic carbocycles. The zero-order valence-electron chi connectivity index (χ0n) is 20.4. The van der Waals surface area contributed by atoms with Gasteiger partial charge in [-0.05, 0) is 80.4 Å². The van der Waals surface area contributed by atoms with Crippen LogP contribution in [0.15, 0.2) is 77.0 Å². The first-order valence-electron chi connectivity index (χ1n) is 12.1. The van der Waals surface area contributed by atoms with Gasteiger partial charge in [0.05, 0.1) is 23.5 Å². The zero-order valence-corrected chi connectivity index (χ0v) is 20.4. The Morgan fingerprint density at radius 2 is 1.44 bits per heavy atom. The second kappa shape index (κ2) is 13.3. The van der Waals surface area contributed by atoms with Crippen LogP contribution in [0, 0.1) is 13.8 Å². The molecular weight excluding hydrogens is 424 g/mol. The highest BCUT2D eigenvalue weighted by Crippen LogP contribution is 2.25. The van der Waals surface area contributed by atoms with Crippen molar-refractivity contribution < 1.29 is 14.3 Å². The Labute approximate surface area is 202 Å². The lowest BCUT2D eigenvalue weighted by atomic mass is 10.1. The molecule has 178 valence electrons. The number of unbranched alkanes of at least 4 members (excludes halogenated alkanes) is 5. The molecule has 5 heteroatoms. The average molecular weight is 459 g/mol. The Bertz CT molecular complexity index is 1070. The standard InChI is InChI=1S/C29H34N2O3/c1-4-5-6-7-8-9-20-33-26-15-11-24(12-16-26)29(32)34-27-17-13-25(14-18-27)30-31-28-19-10-22(2)21-23(28)3/h10-19,21H,4-9,20H2,1-3H3. The van der Waals surface area contributed by atoms with Gasteiger partial charge in [-0.3, -0.25) is 0 Å². The maximum atomic E-state index is 12.5. The second-order valence-corrected chi connectivity index (χ2v) is 8.51. The molecule has 34 heavy (non-hydrogen) atoms. The number of carbonyl (C=O) groups excluding carboxylic acids is 1. The fourth-order valence-electron chi connectivity index (χ4n) is 3.54. The minimum atomic E-state index is -0.410. The first-order valence-corrected chi connectivity index (χ1v) is 12.1. The minimum absolute atomic E-state index is 0.410. The van der Waals surface area contributed by atoms with E-state index in [-0.39, 0.29) is 0 Å². The third-order valence-corrected chi connectivity index (χ3v) is 5.53. The van der Waals surface area contributed by atoms with Crippen molar-refractivity contribution in [1.82, 2.24) is 0 Å². The number of hydrogen-bond acceptors (Lipinski definition) is 5. The summed E-state index contributed by atoms with van der Waals surface area (Å²) in [6, 6.07) is 20.1. The molecule has 0 bridgehead atoms. The second-order valence-electron chi connectivity index (χ2n) is 8.51. The largest absolute Gasteiger partial charge is 0.494 e. The van der Waals surface area contributed by atoms with Gasteiger partial charge in [-0.25, -0.2) is 4.79 Å². The van der Waals surface area contributed by atoms with Crippen molar-refractivity contribution in [3.8, 4) is 11.5 Å². The summed E-state index contributed by atoms with van der Waals surface area (Å²) in [5.41, 5.74) is 4.27. The van der Waals surface area contributed by atoms with Gasteiger partial charge in [0.25, 0.3) is 0 Å². The molecule has 0 fully saturated rings. The van der Waals surface area contributed by atoms with Gasteiger partial charge in [-0.15, -0.1) is 0 Å². The molecule has 3 rings (SSSR count). The van der Waals surface area contributed by atoms with E-state index < -0.39 is 5.97 Å². The fourth-order valence-corrected chi connectivity index (χ4v) is 3.54. The number of carbonyl (C=O) groups is 1. The first-order chi connectivity index (χ1) is 16.5. The first kappa shape index (κ1) is 25.2. The molecule has 0 spiro atoms. The summed E-state index contributed by atoms with van der Waals surface area (Å²) < 4.78 is 11.3. The van der Waals surface area contributed by atoms with Gasteiger partial charge in [0.15, 0.2) is 0 Å². The smallest absolute Gasteiger partial charge is 0.343 e. The summed E-state index contributed by atoms with van der Waals surface area (Å²) in [7, 11) is 0. The third kappa shape index (κ3) is 8.14. The van der Waals surface area contributed by atoms with Crippen LogP contribution in [-0.4, -0.2) is 12.6 Å². The van der Waals surface area contributed by atoms with Crippen LogP contribution in [0.25, 0.3) is 0 Å². The van der Waals surface area contributed by atoms with Crippen LogP contribution < -0.4 is 9.47 Å². The Balaban J connectivity index is 1.46. The Morgan fingerprint density at radius 1 is 0.765 bits per heavy atom. The van der Waals surface area contributed by atoms with Crippen LogP contribution in [0.1, 0.15) is 66.9 Å². The molecule has 0 saturated heterocycles. The van der Waals surface area contributed by atoms with Gasteiger partial charge >= 0.3 is 5.97 Å². The SMILES string of the molecule is CCCCCCCCOc1ccc(C(=O)Oc2ccc(N=Nc3ccc(C)cc3C)cc2)cc1. The van der Waals surface area contributed by atoms with Crippen molar-refractivity contribution in [2.75, 3.05) is 6.61 Å². The normalized spacial score (nSPS) is 11.0. The molecule has 3 aromatic rings. The van der Waals surface area contributed by atoms with Crippen LogP contribution in [0.2, 0.25) is 0 Å². The summed E-state index contributed by atoms with van der Waals surface area (Å²) in [4.78, 5) is 12.5. The van der Waals surface area contributed by atoms with Crippen molar-refractivity contribution in [1.29, 1.82) is 0 Å². The van der Waals surface area contributed by atoms with Gasteiger partial charge < -0.3 is 9.47 Å². The highest BCUT2D eigenvalue weighted by atomic mass is 16.5. The molecule has 0 heterocycles. The van der Waals surface area contributed by atoms with Crippen molar-refractivity contribution in [3.05, 3.63) is 83.4 Å². The number of benzene rings is 3. The zero-order chi connectivity index (χ0) is 24.2. The monoisotopic (exact) mass is 458 g/mol. The van der Waals surface area contributed by atoms with Gasteiger partial charge in [-0.2, -0.15) is 10.2 Å². The average Bonchev–Trinajstić information content (AvgIpc) is 2.84. The molecule has 0 aliphatic heterocycles. The van der Waals surface area contributed by atoms with Gasteiger partial charge in [-0.1, -0.05) is 56.7 Å². The quantitative estimate of drug-likeness (QED) is 0.118. The lowest BCUT2D eigenvalue weighted by Gasteiger charge is -2.08. The van der Waals surface area contributed by atoms with Crippen LogP contribution in [0.3, 0.4) is 0 Å². The molecular formula is C29H34N2O3. The van der Waals surface area contributed by atoms with E-state index in [0.717, 1.165) is 23.4 Å². The fraction of sp³-hybridized carbons (Fsp3) is 0.345. The highest BCUT2D eigenvalue weighted by molar-refractivity contribution is 5.91. The van der Waals surface area contributed by atoms with Gasteiger partial charge in [0, 0.05) is 0 Å². The Kier molecular flexibility index (Phi) is 9.83. The summed E-state index contributed by atoms with van der Waals surface area (Å²) in [5.74, 6) is 0.814. The molecule has 0 amide bonds. The number of ether oxygens (including phenoxy) is 2. The minimum Gasteiger partial charge on any atom is -0.494 e. The van der Waals surface area contributed by atoms with Crippen molar-refractivity contribution in [2.45, 2.75) is 59.3 Å². The Morgan fingerprint density at radius 3 is 2.15 bits per heavy atom. The predicted molar refractivity (Wildman–Crippen MR) is 137 cm³/mol. The molecule has 0 aliphatic rings. The molecule has 5 nitrogen and oxygen atoms in total. The van der Waals surface area contributed by atoms with Crippen molar-refractivity contribution in [3.63, 3.8) is 0 Å². The molecule has 0 N–H and O–H groups in total. The van der Waals surface area contributed by atoms with E-state index in [1.54, 1.807) is 36.4 Å². The maximum absolute atomic E-state index is 12.5. The summed E-state index contributed by atoms with van der Waals surface area (Å²) in [6.07, 6.45) is 7.37. The molecule has 0 atom stereocenters. The number of esters is 1. The maximum Gasteiger partial charge on any atom is 0.343 e. The molecule has 0 aromatic heterocycles. The molecule has 0 aliphatic carbocycles. The van der Waals surface area contributed by atoms with E-state index >= 15 is 0 Å². The van der Waals surface area contributed by atoms with Crippen molar-refractivity contribution >= 4 is 17.3 Å². The lowest BCUT2D eigenvalue weighted by Crippen LogP contribution is -2.08. The summed E-state index contributed by atoms with van der Waals surface area (Å²) in [6.45, 7) is 6.98. The predicted octanol–water partition coefficient (Wildman–Crippen LogP) is 8.68. The summed E-state index contributed by atoms with van der Waals surface area (Å²) >= 11 is 0. The topological polar surface area (TPSA) is 60.2 Å². The number of rotatable bonds is 12. The summed E-state index contributed by atoms with van der Waals surface area (Å²) in [5, 5.41) is 8.59. The van der Waals surface area contributed by atoms with Crippen molar-refractivity contribution in [2.24, 2.45) is 10.2 Å². The lowest BCUT2D eigenvalue weighted by molar-refractivity contribution is 0.0734. The number of aryl methyl sites for hydroxylation is 2. The van der Waals surface area contributed by atoms with E-state index in [4.69, 9.17) is 9.47 Å². The number of azo groups is 1. The van der Waals surface area contributed by atoms with E-state index in [2.05, 4.69) is 23.2 Å². The van der Waals surface area contributed by atoms with E-state index in [1.165, 1.54) is 37.7 Å². The van der Waals surface area contributed by atoms with E-state index in [9.17, 15) is 4.79 Å². The van der Waals surface area contributed by atoms with E-state index in [0.29, 0.717) is 23.6 Å². The molecule has 0 saturated carbocycles. The van der Waals surface area contributed by atoms with Gasteiger partial charge in [0.1, 0.15) is 11.5 Å². The van der Waals surface area contributed by atoms with Crippen LogP contribution in [0.5, 0.6) is 11.5 Å². The van der Waals surface area contributed by atoms with Crippen LogP contribution in [-0.2, 0) is 0 Å². The highest BCUT2D eigenvalue weighted by Gasteiger charge is 2.09. The van der Waals surface area contributed by atoms with Gasteiger partial charge in [0.2, 0.25) is 0 Å². The number of hydrogen-bond donors (Lipinski definition) is 0. The molecule has 0 radical (unpaired) electrons. The van der Waals surface area contributed by atoms with Crippen LogP contribution in [0.4, 0.5) is 11.4 Å². The Hall–Kier alpha value is -3.47. The number of nitrogens with zero attached hydrogens (tertiary/aromatic N) is 2. The molecule has 0 unspecified atom stereocenters. The van der Waals surface area contributed by atoms with Crippen LogP contribution >= 0.6 is 0 Å².